The maximum atomic E-state index is 14.1. The van der Waals surface area contributed by atoms with Gasteiger partial charge in [-0.3, -0.25) is 0 Å². The van der Waals surface area contributed by atoms with Crippen molar-refractivity contribution in [1.29, 1.82) is 0 Å². The van der Waals surface area contributed by atoms with Crippen LogP contribution in [0.15, 0.2) is 55.2 Å². The van der Waals surface area contributed by atoms with Gasteiger partial charge in [-0.15, -0.1) is 0 Å². The monoisotopic (exact) mass is 378 g/mol. The maximum Gasteiger partial charge on any atom is 0.168 e. The van der Waals surface area contributed by atoms with E-state index in [1.807, 2.05) is 44.1 Å². The average Bonchev–Trinajstić information content (AvgIpc) is 3.04. The van der Waals surface area contributed by atoms with Crippen LogP contribution in [-0.2, 0) is 0 Å². The van der Waals surface area contributed by atoms with Crippen LogP contribution < -0.4 is 4.74 Å². The van der Waals surface area contributed by atoms with Gasteiger partial charge in [-0.1, -0.05) is 18.2 Å². The fourth-order valence-corrected chi connectivity index (χ4v) is 3.38. The van der Waals surface area contributed by atoms with Gasteiger partial charge in [0.1, 0.15) is 11.6 Å². The van der Waals surface area contributed by atoms with Gasteiger partial charge in [0.05, 0.1) is 5.69 Å². The Labute approximate surface area is 162 Å². The third-order valence-electron chi connectivity index (χ3n) is 4.82. The van der Waals surface area contributed by atoms with E-state index >= 15 is 0 Å². The number of halogens is 2. The summed E-state index contributed by atoms with van der Waals surface area (Å²) in [5, 5.41) is 0. The number of aromatic amines is 1. The lowest BCUT2D eigenvalue weighted by molar-refractivity contribution is 0.436. The summed E-state index contributed by atoms with van der Waals surface area (Å²) in [7, 11) is 1.93. The summed E-state index contributed by atoms with van der Waals surface area (Å²) in [5.74, 6) is -0.924. The summed E-state index contributed by atoms with van der Waals surface area (Å²) in [5.41, 5.74) is 6.63. The van der Waals surface area contributed by atoms with Gasteiger partial charge in [0, 0.05) is 47.4 Å². The minimum atomic E-state index is -0.744. The molecule has 0 saturated carbocycles. The van der Waals surface area contributed by atoms with Crippen molar-refractivity contribution in [2.45, 2.75) is 13.8 Å². The third kappa shape index (κ3) is 3.09. The van der Waals surface area contributed by atoms with Crippen molar-refractivity contribution < 1.29 is 13.5 Å². The molecule has 0 aliphatic carbocycles. The molecule has 1 aromatic heterocycles. The minimum absolute atomic E-state index is 0.0245. The largest absolute Gasteiger partial charge is 0.454 e. The molecule has 142 valence electrons. The quantitative estimate of drug-likeness (QED) is 0.605. The molecule has 0 amide bonds. The van der Waals surface area contributed by atoms with Gasteiger partial charge in [0.2, 0.25) is 0 Å². The second-order valence-corrected chi connectivity index (χ2v) is 7.02. The molecule has 2 heterocycles. The number of hydrogen-bond acceptors (Lipinski definition) is 2. The van der Waals surface area contributed by atoms with Gasteiger partial charge in [0.25, 0.3) is 0 Å². The number of nitrogens with zero attached hydrogens (tertiary/aromatic N) is 1. The first-order valence-electron chi connectivity index (χ1n) is 8.91. The summed E-state index contributed by atoms with van der Waals surface area (Å²) in [4.78, 5) is 5.34. The van der Waals surface area contributed by atoms with Crippen molar-refractivity contribution in [2.24, 2.45) is 0 Å². The first-order chi connectivity index (χ1) is 13.3. The number of nitrogens with one attached hydrogen (secondary N) is 1. The Morgan fingerprint density at radius 1 is 0.964 bits per heavy atom. The van der Waals surface area contributed by atoms with Crippen LogP contribution in [0.3, 0.4) is 0 Å². The van der Waals surface area contributed by atoms with E-state index in [9.17, 15) is 8.78 Å². The highest BCUT2D eigenvalue weighted by Crippen LogP contribution is 2.41. The molecule has 1 aliphatic rings. The molecule has 4 rings (SSSR count). The molecule has 0 fully saturated rings. The van der Waals surface area contributed by atoms with E-state index in [1.165, 1.54) is 12.1 Å². The Balaban J connectivity index is 1.85. The van der Waals surface area contributed by atoms with Crippen molar-refractivity contribution >= 4 is 11.3 Å². The Bertz CT molecular complexity index is 1130. The van der Waals surface area contributed by atoms with Gasteiger partial charge < -0.3 is 14.6 Å². The molecule has 28 heavy (non-hydrogen) atoms. The SMILES string of the molecule is C=C1c2cc(C)[nH]c2C(c2cc(C)ccc2Oc2ccc(F)cc2F)=CN1C. The molecule has 0 spiro atoms. The van der Waals surface area contributed by atoms with E-state index in [2.05, 4.69) is 17.6 Å². The Kier molecular flexibility index (Phi) is 4.30. The van der Waals surface area contributed by atoms with Gasteiger partial charge in [-0.05, 0) is 44.2 Å². The van der Waals surface area contributed by atoms with Crippen molar-refractivity contribution in [3.05, 3.63) is 95.0 Å². The minimum Gasteiger partial charge on any atom is -0.454 e. The molecular formula is C23H20F2N2O. The summed E-state index contributed by atoms with van der Waals surface area (Å²) in [6, 6.07) is 11.0. The van der Waals surface area contributed by atoms with Crippen LogP contribution in [0.2, 0.25) is 0 Å². The van der Waals surface area contributed by atoms with E-state index in [4.69, 9.17) is 4.74 Å². The molecule has 1 N–H and O–H groups in total. The molecule has 5 heteroatoms. The zero-order chi connectivity index (χ0) is 20.0. The molecule has 0 bridgehead atoms. The fraction of sp³-hybridized carbons (Fsp3) is 0.130. The number of aryl methyl sites for hydroxylation is 2. The van der Waals surface area contributed by atoms with E-state index in [0.717, 1.165) is 45.4 Å². The number of rotatable bonds is 3. The topological polar surface area (TPSA) is 28.3 Å². The van der Waals surface area contributed by atoms with Gasteiger partial charge in [0.15, 0.2) is 11.6 Å². The number of benzene rings is 2. The normalized spacial score (nSPS) is 13.4. The van der Waals surface area contributed by atoms with Crippen molar-refractivity contribution in [3.8, 4) is 11.5 Å². The molecule has 1 aliphatic heterocycles. The highest BCUT2D eigenvalue weighted by molar-refractivity contribution is 5.90. The number of fused-ring (bicyclic) bond motifs is 1. The summed E-state index contributed by atoms with van der Waals surface area (Å²) < 4.78 is 33.2. The summed E-state index contributed by atoms with van der Waals surface area (Å²) in [6.07, 6.45) is 1.98. The fourth-order valence-electron chi connectivity index (χ4n) is 3.38. The smallest absolute Gasteiger partial charge is 0.168 e. The summed E-state index contributed by atoms with van der Waals surface area (Å²) in [6.45, 7) is 8.13. The lowest BCUT2D eigenvalue weighted by Crippen LogP contribution is -2.15. The average molecular weight is 378 g/mol. The van der Waals surface area contributed by atoms with Crippen molar-refractivity contribution in [3.63, 3.8) is 0 Å². The number of hydrogen-bond donors (Lipinski definition) is 1. The predicted octanol–water partition coefficient (Wildman–Crippen LogP) is 6.01. The molecule has 3 nitrogen and oxygen atoms in total. The molecular weight excluding hydrogens is 358 g/mol. The molecule has 3 aromatic rings. The molecule has 0 atom stereocenters. The molecule has 0 saturated heterocycles. The van der Waals surface area contributed by atoms with Crippen LogP contribution in [0.4, 0.5) is 8.78 Å². The lowest BCUT2D eigenvalue weighted by Gasteiger charge is -2.26. The Hall–Kier alpha value is -3.34. The third-order valence-corrected chi connectivity index (χ3v) is 4.82. The first-order valence-corrected chi connectivity index (χ1v) is 8.91. The van der Waals surface area contributed by atoms with E-state index in [-0.39, 0.29) is 5.75 Å². The second kappa shape index (κ2) is 6.68. The van der Waals surface area contributed by atoms with Crippen LogP contribution in [0.5, 0.6) is 11.5 Å². The highest BCUT2D eigenvalue weighted by Gasteiger charge is 2.24. The maximum absolute atomic E-state index is 14.1. The predicted molar refractivity (Wildman–Crippen MR) is 107 cm³/mol. The van der Waals surface area contributed by atoms with Crippen molar-refractivity contribution in [1.82, 2.24) is 9.88 Å². The number of ether oxygens (including phenoxy) is 1. The lowest BCUT2D eigenvalue weighted by atomic mass is 9.94. The van der Waals surface area contributed by atoms with Crippen LogP contribution in [-0.4, -0.2) is 16.9 Å². The van der Waals surface area contributed by atoms with Gasteiger partial charge in [-0.25, -0.2) is 8.78 Å². The van der Waals surface area contributed by atoms with Crippen LogP contribution in [0.1, 0.15) is 28.1 Å². The van der Waals surface area contributed by atoms with Gasteiger partial charge in [-0.2, -0.15) is 0 Å². The van der Waals surface area contributed by atoms with Crippen LogP contribution in [0.25, 0.3) is 11.3 Å². The Morgan fingerprint density at radius 2 is 1.71 bits per heavy atom. The van der Waals surface area contributed by atoms with E-state index in [1.54, 1.807) is 6.07 Å². The summed E-state index contributed by atoms with van der Waals surface area (Å²) >= 11 is 0. The van der Waals surface area contributed by atoms with Crippen LogP contribution in [0, 0.1) is 25.5 Å². The van der Waals surface area contributed by atoms with Gasteiger partial charge >= 0.3 is 0 Å². The number of aromatic nitrogens is 1. The zero-order valence-electron chi connectivity index (χ0n) is 15.9. The van der Waals surface area contributed by atoms with Crippen LogP contribution >= 0.6 is 0 Å². The first kappa shape index (κ1) is 18.0. The zero-order valence-corrected chi connectivity index (χ0v) is 15.9. The highest BCUT2D eigenvalue weighted by atomic mass is 19.1. The standard InChI is InChI=1S/C23H20F2N2O/c1-13-5-7-21(28-22-8-6-16(24)11-20(22)25)18(9-13)19-12-27(4)15(3)17-10-14(2)26-23(17)19/h5-12,26H,3H2,1-2,4H3. The molecule has 0 unspecified atom stereocenters. The Morgan fingerprint density at radius 3 is 2.46 bits per heavy atom. The van der Waals surface area contributed by atoms with Crippen molar-refractivity contribution in [2.75, 3.05) is 7.05 Å². The molecule has 2 aromatic carbocycles. The van der Waals surface area contributed by atoms with E-state index in [0.29, 0.717) is 5.75 Å². The molecule has 0 radical (unpaired) electrons. The second-order valence-electron chi connectivity index (χ2n) is 7.02. The van der Waals surface area contributed by atoms with E-state index < -0.39 is 11.6 Å². The number of H-pyrrole nitrogens is 1.